The Morgan fingerprint density at radius 3 is 2.55 bits per heavy atom. The van der Waals surface area contributed by atoms with Crippen LogP contribution in [0.4, 0.5) is 15.9 Å². The predicted molar refractivity (Wildman–Crippen MR) is 114 cm³/mol. The van der Waals surface area contributed by atoms with E-state index < -0.39 is 0 Å². The summed E-state index contributed by atoms with van der Waals surface area (Å²) in [5, 5.41) is 19.1. The molecule has 148 valence electrons. The van der Waals surface area contributed by atoms with E-state index in [4.69, 9.17) is 5.26 Å². The van der Waals surface area contributed by atoms with Gasteiger partial charge in [-0.3, -0.25) is 0 Å². The lowest BCUT2D eigenvalue weighted by Crippen LogP contribution is -2.41. The average Bonchev–Trinajstić information content (AvgIpc) is 2.78. The van der Waals surface area contributed by atoms with Crippen molar-refractivity contribution < 1.29 is 4.39 Å². The highest BCUT2D eigenvalue weighted by atomic mass is 19.1. The van der Waals surface area contributed by atoms with Gasteiger partial charge in [-0.05, 0) is 54.9 Å². The third kappa shape index (κ3) is 6.59. The van der Waals surface area contributed by atoms with Gasteiger partial charge in [0.25, 0.3) is 0 Å². The molecule has 1 aliphatic heterocycles. The Labute approximate surface area is 170 Å². The highest BCUT2D eigenvalue weighted by Crippen LogP contribution is 2.22. The lowest BCUT2D eigenvalue weighted by atomic mass is 10.1. The number of nitriles is 1. The van der Waals surface area contributed by atoms with E-state index in [1.54, 1.807) is 24.4 Å². The van der Waals surface area contributed by atoms with Gasteiger partial charge in [-0.25, -0.2) is 9.37 Å². The van der Waals surface area contributed by atoms with Crippen LogP contribution in [0.1, 0.15) is 11.1 Å². The minimum atomic E-state index is -0.178. The van der Waals surface area contributed by atoms with Crippen molar-refractivity contribution in [3.05, 3.63) is 89.9 Å². The lowest BCUT2D eigenvalue weighted by Gasteiger charge is -2.27. The molecular weight excluding hydrogens is 365 g/mol. The molecule has 0 fully saturated rings. The molecule has 0 saturated carbocycles. The van der Waals surface area contributed by atoms with Gasteiger partial charge < -0.3 is 16.0 Å². The summed E-state index contributed by atoms with van der Waals surface area (Å²) in [7, 11) is 0. The van der Waals surface area contributed by atoms with Gasteiger partial charge in [0, 0.05) is 19.3 Å². The molecule has 0 aliphatic carbocycles. The van der Waals surface area contributed by atoms with Gasteiger partial charge in [-0.15, -0.1) is 0 Å². The maximum atomic E-state index is 11.9. The van der Waals surface area contributed by atoms with Crippen molar-refractivity contribution in [3.63, 3.8) is 0 Å². The minimum Gasteiger partial charge on any atom is -0.380 e. The van der Waals surface area contributed by atoms with Crippen LogP contribution in [0.25, 0.3) is 0 Å². The zero-order valence-corrected chi connectivity index (χ0v) is 16.1. The second-order valence-corrected chi connectivity index (χ2v) is 6.68. The first-order chi connectivity index (χ1) is 14.2. The van der Waals surface area contributed by atoms with E-state index in [2.05, 4.69) is 27.0 Å². The molecule has 2 aromatic carbocycles. The van der Waals surface area contributed by atoms with E-state index in [9.17, 15) is 4.39 Å². The predicted octanol–water partition coefficient (Wildman–Crippen LogP) is 3.82. The molecule has 0 bridgehead atoms. The molecule has 29 heavy (non-hydrogen) atoms. The number of fused-ring (bicyclic) bond motifs is 1. The molecule has 1 aromatic heterocycles. The summed E-state index contributed by atoms with van der Waals surface area (Å²) in [6, 6.07) is 22.1. The highest BCUT2D eigenvalue weighted by molar-refractivity contribution is 5.66. The molecular formula is C23H24FN5. The molecule has 0 radical (unpaired) electrons. The van der Waals surface area contributed by atoms with Crippen LogP contribution in [0.15, 0.2) is 72.9 Å². The minimum absolute atomic E-state index is 0.178. The smallest absolute Gasteiger partial charge is 0.149 e. The van der Waals surface area contributed by atoms with Crippen molar-refractivity contribution in [1.29, 1.82) is 5.26 Å². The van der Waals surface area contributed by atoms with E-state index in [-0.39, 0.29) is 5.82 Å². The number of nitrogens with zero attached hydrogens (tertiary/aromatic N) is 2. The molecule has 1 atom stereocenters. The maximum absolute atomic E-state index is 11.9. The fourth-order valence-corrected chi connectivity index (χ4v) is 2.93. The fourth-order valence-electron chi connectivity index (χ4n) is 2.93. The van der Waals surface area contributed by atoms with Gasteiger partial charge in [0.15, 0.2) is 0 Å². The Kier molecular flexibility index (Phi) is 7.55. The summed E-state index contributed by atoms with van der Waals surface area (Å²) in [5.41, 5.74) is 3.02. The number of rotatable bonds is 5. The van der Waals surface area contributed by atoms with Crippen molar-refractivity contribution in [2.24, 2.45) is 0 Å². The zero-order chi connectivity index (χ0) is 20.3. The standard InChI is InChI=1S/C17H19N5.C6H5F/c18-10-14-5-3-13(4-6-14)7-9-19-11-15-12-21-16-2-1-8-20-17(16)22-15;7-6-4-2-1-3-5-6/h1-6,8,15,19,21H,7,9,11-12H2,(H,20,22);1-5H. The molecule has 0 saturated heterocycles. The maximum Gasteiger partial charge on any atom is 0.149 e. The van der Waals surface area contributed by atoms with Crippen LogP contribution in [0.3, 0.4) is 0 Å². The highest BCUT2D eigenvalue weighted by Gasteiger charge is 2.16. The number of anilines is 2. The van der Waals surface area contributed by atoms with Crippen LogP contribution < -0.4 is 16.0 Å². The van der Waals surface area contributed by atoms with Gasteiger partial charge >= 0.3 is 0 Å². The second kappa shape index (κ2) is 10.8. The van der Waals surface area contributed by atoms with Crippen molar-refractivity contribution in [3.8, 4) is 6.07 Å². The van der Waals surface area contributed by atoms with Gasteiger partial charge in [-0.1, -0.05) is 30.3 Å². The Hall–Kier alpha value is -3.43. The number of benzene rings is 2. The summed E-state index contributed by atoms with van der Waals surface area (Å²) < 4.78 is 11.9. The SMILES string of the molecule is Fc1ccccc1.N#Cc1ccc(CCNCC2CNc3cccnc3N2)cc1. The Bertz CT molecular complexity index is 922. The average molecular weight is 389 g/mol. The van der Waals surface area contributed by atoms with Crippen LogP contribution in [0, 0.1) is 17.1 Å². The Balaban J connectivity index is 0.000000290. The summed E-state index contributed by atoms with van der Waals surface area (Å²) in [6.07, 6.45) is 2.76. The monoisotopic (exact) mass is 389 g/mol. The molecule has 4 rings (SSSR count). The quantitative estimate of drug-likeness (QED) is 0.579. The molecule has 1 aliphatic rings. The summed E-state index contributed by atoms with van der Waals surface area (Å²) >= 11 is 0. The Morgan fingerprint density at radius 1 is 1.07 bits per heavy atom. The van der Waals surface area contributed by atoms with E-state index in [1.165, 1.54) is 17.7 Å². The largest absolute Gasteiger partial charge is 0.380 e. The molecule has 1 unspecified atom stereocenters. The number of hydrogen-bond acceptors (Lipinski definition) is 5. The third-order valence-corrected chi connectivity index (χ3v) is 4.48. The normalized spacial score (nSPS) is 14.3. The first-order valence-corrected chi connectivity index (χ1v) is 9.60. The van der Waals surface area contributed by atoms with Gasteiger partial charge in [0.05, 0.1) is 23.4 Å². The van der Waals surface area contributed by atoms with Crippen LogP contribution in [0.5, 0.6) is 0 Å². The van der Waals surface area contributed by atoms with Crippen molar-refractivity contribution in [2.45, 2.75) is 12.5 Å². The van der Waals surface area contributed by atoms with Gasteiger partial charge in [0.2, 0.25) is 0 Å². The zero-order valence-electron chi connectivity index (χ0n) is 16.1. The lowest BCUT2D eigenvalue weighted by molar-refractivity contribution is 0.610. The molecule has 5 nitrogen and oxygen atoms in total. The summed E-state index contributed by atoms with van der Waals surface area (Å²) in [6.45, 7) is 2.70. The fraction of sp³-hybridized carbons (Fsp3) is 0.217. The number of nitrogens with one attached hydrogen (secondary N) is 3. The number of halogens is 1. The number of aromatic nitrogens is 1. The molecule has 6 heteroatoms. The van der Waals surface area contributed by atoms with Crippen molar-refractivity contribution >= 4 is 11.5 Å². The van der Waals surface area contributed by atoms with Gasteiger partial charge in [0.1, 0.15) is 11.6 Å². The van der Waals surface area contributed by atoms with Crippen molar-refractivity contribution in [1.82, 2.24) is 10.3 Å². The number of pyridine rings is 1. The van der Waals surface area contributed by atoms with Gasteiger partial charge in [-0.2, -0.15) is 5.26 Å². The second-order valence-electron chi connectivity index (χ2n) is 6.68. The molecule has 0 amide bonds. The Morgan fingerprint density at radius 2 is 1.86 bits per heavy atom. The van der Waals surface area contributed by atoms with Crippen LogP contribution in [0.2, 0.25) is 0 Å². The first-order valence-electron chi connectivity index (χ1n) is 9.60. The van der Waals surface area contributed by atoms with Crippen molar-refractivity contribution in [2.75, 3.05) is 30.3 Å². The van der Waals surface area contributed by atoms with E-state index in [1.807, 2.05) is 36.4 Å². The van der Waals surface area contributed by atoms with Crippen LogP contribution in [-0.2, 0) is 6.42 Å². The first kappa shape index (κ1) is 20.3. The molecule has 3 N–H and O–H groups in total. The van der Waals surface area contributed by atoms with Crippen LogP contribution in [-0.4, -0.2) is 30.7 Å². The van der Waals surface area contributed by atoms with E-state index in [0.717, 1.165) is 37.6 Å². The summed E-state index contributed by atoms with van der Waals surface area (Å²) in [4.78, 5) is 4.33. The molecule has 2 heterocycles. The summed E-state index contributed by atoms with van der Waals surface area (Å²) in [5.74, 6) is 0.746. The number of hydrogen-bond donors (Lipinski definition) is 3. The van der Waals surface area contributed by atoms with Crippen LogP contribution >= 0.6 is 0 Å². The molecule has 0 spiro atoms. The third-order valence-electron chi connectivity index (χ3n) is 4.48. The molecule has 3 aromatic rings. The topological polar surface area (TPSA) is 72.8 Å². The van der Waals surface area contributed by atoms with E-state index >= 15 is 0 Å². The van der Waals surface area contributed by atoms with E-state index in [0.29, 0.717) is 11.6 Å².